The van der Waals surface area contributed by atoms with Crippen LogP contribution in [0.2, 0.25) is 0 Å². The van der Waals surface area contributed by atoms with Gasteiger partial charge in [0.15, 0.2) is 5.76 Å². The minimum atomic E-state index is -0.252. The van der Waals surface area contributed by atoms with E-state index in [4.69, 9.17) is 4.42 Å². The fourth-order valence-corrected chi connectivity index (χ4v) is 2.12. The maximum absolute atomic E-state index is 11.9. The molecular formula is C15H15BrN2O2. The lowest BCUT2D eigenvalue weighted by Crippen LogP contribution is -2.19. The van der Waals surface area contributed by atoms with E-state index in [1.165, 1.54) is 0 Å². The standard InChI is InChI=1S/C15H15BrN2O2/c1-9-8-10(2)20-14(9)11(3)17-18-15(19)12-4-6-13(16)7-5-12/h4-8H,1-3H3,(H,18,19)/b17-11+. The minimum Gasteiger partial charge on any atom is -0.460 e. The van der Waals surface area contributed by atoms with E-state index in [9.17, 15) is 4.79 Å². The number of amides is 1. The SMILES string of the molecule is C/C(=N\NC(=O)c1ccc(Br)cc1)c1oc(C)cc1C. The lowest BCUT2D eigenvalue weighted by Gasteiger charge is -2.02. The Bertz CT molecular complexity index is 657. The van der Waals surface area contributed by atoms with Gasteiger partial charge in [0, 0.05) is 10.0 Å². The smallest absolute Gasteiger partial charge is 0.271 e. The van der Waals surface area contributed by atoms with Crippen LogP contribution in [0.1, 0.15) is 34.4 Å². The Labute approximate surface area is 126 Å². The van der Waals surface area contributed by atoms with Crippen molar-refractivity contribution in [3.8, 4) is 0 Å². The molecule has 0 unspecified atom stereocenters. The van der Waals surface area contributed by atoms with Crippen molar-refractivity contribution in [2.75, 3.05) is 0 Å². The van der Waals surface area contributed by atoms with Gasteiger partial charge in [-0.25, -0.2) is 5.43 Å². The number of rotatable bonds is 3. The third kappa shape index (κ3) is 3.36. The van der Waals surface area contributed by atoms with Crippen LogP contribution in [-0.2, 0) is 0 Å². The first-order valence-corrected chi connectivity index (χ1v) is 6.94. The number of nitrogens with one attached hydrogen (secondary N) is 1. The average molecular weight is 335 g/mol. The molecule has 20 heavy (non-hydrogen) atoms. The maximum Gasteiger partial charge on any atom is 0.271 e. The Kier molecular flexibility index (Phi) is 4.39. The zero-order valence-corrected chi connectivity index (χ0v) is 13.1. The van der Waals surface area contributed by atoms with Crippen LogP contribution in [0.25, 0.3) is 0 Å². The van der Waals surface area contributed by atoms with Gasteiger partial charge in [0.1, 0.15) is 11.5 Å². The molecule has 0 saturated carbocycles. The van der Waals surface area contributed by atoms with Crippen LogP contribution in [-0.4, -0.2) is 11.6 Å². The molecule has 0 spiro atoms. The van der Waals surface area contributed by atoms with E-state index in [0.717, 1.165) is 15.8 Å². The highest BCUT2D eigenvalue weighted by Gasteiger charge is 2.09. The molecule has 104 valence electrons. The zero-order valence-electron chi connectivity index (χ0n) is 11.5. The summed E-state index contributed by atoms with van der Waals surface area (Å²) >= 11 is 3.33. The lowest BCUT2D eigenvalue weighted by molar-refractivity contribution is 0.0955. The van der Waals surface area contributed by atoms with E-state index in [1.54, 1.807) is 19.1 Å². The Morgan fingerprint density at radius 2 is 1.90 bits per heavy atom. The number of hydrogen-bond acceptors (Lipinski definition) is 3. The number of nitrogens with zero attached hydrogens (tertiary/aromatic N) is 1. The summed E-state index contributed by atoms with van der Waals surface area (Å²) in [6.45, 7) is 5.62. The van der Waals surface area contributed by atoms with Crippen LogP contribution < -0.4 is 5.43 Å². The molecule has 2 aromatic rings. The van der Waals surface area contributed by atoms with Gasteiger partial charge in [-0.2, -0.15) is 5.10 Å². The van der Waals surface area contributed by atoms with Crippen molar-refractivity contribution in [3.05, 3.63) is 57.5 Å². The van der Waals surface area contributed by atoms with Gasteiger partial charge in [-0.3, -0.25) is 4.79 Å². The zero-order chi connectivity index (χ0) is 14.7. The molecule has 0 aliphatic heterocycles. The van der Waals surface area contributed by atoms with Gasteiger partial charge in [-0.1, -0.05) is 15.9 Å². The normalized spacial score (nSPS) is 11.5. The molecule has 5 heteroatoms. The van der Waals surface area contributed by atoms with Crippen molar-refractivity contribution in [1.29, 1.82) is 0 Å². The average Bonchev–Trinajstić information content (AvgIpc) is 2.75. The fourth-order valence-electron chi connectivity index (χ4n) is 1.85. The van der Waals surface area contributed by atoms with Gasteiger partial charge >= 0.3 is 0 Å². The maximum atomic E-state index is 11.9. The molecule has 0 aliphatic rings. The van der Waals surface area contributed by atoms with Crippen LogP contribution in [0, 0.1) is 13.8 Å². The largest absolute Gasteiger partial charge is 0.460 e. The predicted octanol–water partition coefficient (Wildman–Crippen LogP) is 3.81. The molecular weight excluding hydrogens is 320 g/mol. The summed E-state index contributed by atoms with van der Waals surface area (Å²) in [4.78, 5) is 11.9. The van der Waals surface area contributed by atoms with Crippen molar-refractivity contribution >= 4 is 27.5 Å². The second-order valence-electron chi connectivity index (χ2n) is 4.51. The van der Waals surface area contributed by atoms with Crippen molar-refractivity contribution in [3.63, 3.8) is 0 Å². The van der Waals surface area contributed by atoms with Crippen molar-refractivity contribution in [2.24, 2.45) is 5.10 Å². The van der Waals surface area contributed by atoms with Crippen molar-refractivity contribution in [1.82, 2.24) is 5.43 Å². The highest BCUT2D eigenvalue weighted by Crippen LogP contribution is 2.14. The first-order chi connectivity index (χ1) is 9.47. The Morgan fingerprint density at radius 1 is 1.25 bits per heavy atom. The van der Waals surface area contributed by atoms with Gasteiger partial charge in [0.25, 0.3) is 5.91 Å². The molecule has 0 saturated heterocycles. The van der Waals surface area contributed by atoms with Crippen LogP contribution in [0.15, 0.2) is 44.3 Å². The number of aryl methyl sites for hydroxylation is 2. The second-order valence-corrected chi connectivity index (χ2v) is 5.43. The Hall–Kier alpha value is -1.88. The van der Waals surface area contributed by atoms with Crippen LogP contribution in [0.3, 0.4) is 0 Å². The number of benzene rings is 1. The topological polar surface area (TPSA) is 54.6 Å². The predicted molar refractivity (Wildman–Crippen MR) is 82.0 cm³/mol. The van der Waals surface area contributed by atoms with E-state index < -0.39 is 0 Å². The van der Waals surface area contributed by atoms with E-state index in [1.807, 2.05) is 32.0 Å². The molecule has 0 radical (unpaired) electrons. The Morgan fingerprint density at radius 3 is 2.45 bits per heavy atom. The quantitative estimate of drug-likeness (QED) is 0.685. The van der Waals surface area contributed by atoms with Crippen LogP contribution in [0.4, 0.5) is 0 Å². The highest BCUT2D eigenvalue weighted by atomic mass is 79.9. The molecule has 1 N–H and O–H groups in total. The van der Waals surface area contributed by atoms with E-state index in [2.05, 4.69) is 26.5 Å². The fraction of sp³-hybridized carbons (Fsp3) is 0.200. The molecule has 1 amide bonds. The monoisotopic (exact) mass is 334 g/mol. The summed E-state index contributed by atoms with van der Waals surface area (Å²) in [7, 11) is 0. The number of furan rings is 1. The van der Waals surface area contributed by atoms with Crippen molar-refractivity contribution < 1.29 is 9.21 Å². The van der Waals surface area contributed by atoms with Gasteiger partial charge in [-0.15, -0.1) is 0 Å². The molecule has 2 rings (SSSR count). The summed E-state index contributed by atoms with van der Waals surface area (Å²) in [5.74, 6) is 1.27. The molecule has 1 heterocycles. The summed E-state index contributed by atoms with van der Waals surface area (Å²) in [5, 5.41) is 4.08. The molecule has 0 fully saturated rings. The van der Waals surface area contributed by atoms with Crippen LogP contribution in [0.5, 0.6) is 0 Å². The third-order valence-corrected chi connectivity index (χ3v) is 3.33. The first-order valence-electron chi connectivity index (χ1n) is 6.15. The molecule has 0 aliphatic carbocycles. The molecule has 0 bridgehead atoms. The van der Waals surface area contributed by atoms with E-state index in [0.29, 0.717) is 17.0 Å². The second kappa shape index (κ2) is 6.05. The Balaban J connectivity index is 2.10. The summed E-state index contributed by atoms with van der Waals surface area (Å²) in [6, 6.07) is 9.01. The van der Waals surface area contributed by atoms with Crippen molar-refractivity contribution in [2.45, 2.75) is 20.8 Å². The summed E-state index contributed by atoms with van der Waals surface area (Å²) < 4.78 is 6.47. The molecule has 1 aromatic heterocycles. The number of carbonyl (C=O) groups is 1. The van der Waals surface area contributed by atoms with Crippen LogP contribution >= 0.6 is 15.9 Å². The first kappa shape index (κ1) is 14.5. The molecule has 0 atom stereocenters. The summed E-state index contributed by atoms with van der Waals surface area (Å²) in [5.41, 5.74) is 4.72. The number of carbonyl (C=O) groups excluding carboxylic acids is 1. The third-order valence-electron chi connectivity index (χ3n) is 2.80. The minimum absolute atomic E-state index is 0.252. The number of hydrazone groups is 1. The van der Waals surface area contributed by atoms with E-state index in [-0.39, 0.29) is 5.91 Å². The highest BCUT2D eigenvalue weighted by molar-refractivity contribution is 9.10. The van der Waals surface area contributed by atoms with Gasteiger partial charge in [0.05, 0.1) is 0 Å². The number of hydrogen-bond donors (Lipinski definition) is 1. The van der Waals surface area contributed by atoms with Gasteiger partial charge in [-0.05, 0) is 56.7 Å². The molecule has 4 nitrogen and oxygen atoms in total. The lowest BCUT2D eigenvalue weighted by atomic mass is 10.2. The summed E-state index contributed by atoms with van der Waals surface area (Å²) in [6.07, 6.45) is 0. The molecule has 1 aromatic carbocycles. The van der Waals surface area contributed by atoms with Gasteiger partial charge in [0.2, 0.25) is 0 Å². The van der Waals surface area contributed by atoms with E-state index >= 15 is 0 Å². The van der Waals surface area contributed by atoms with Gasteiger partial charge < -0.3 is 4.42 Å². The number of halogens is 1.